The molecule has 0 aromatic carbocycles. The van der Waals surface area contributed by atoms with Gasteiger partial charge >= 0.3 is 0 Å². The molecule has 1 aliphatic heterocycles. The van der Waals surface area contributed by atoms with Crippen LogP contribution >= 0.6 is 0 Å². The minimum atomic E-state index is 0.299. The van der Waals surface area contributed by atoms with E-state index in [0.717, 1.165) is 24.8 Å². The predicted molar refractivity (Wildman–Crippen MR) is 87.9 cm³/mol. The number of rotatable bonds is 9. The summed E-state index contributed by atoms with van der Waals surface area (Å²) in [6.45, 7) is 5.87. The number of carbonyl (C=O) groups is 1. The molecular weight excluding hydrogens is 260 g/mol. The zero-order valence-electron chi connectivity index (χ0n) is 13.5. The lowest BCUT2D eigenvalue weighted by Crippen LogP contribution is -2.30. The van der Waals surface area contributed by atoms with Crippen LogP contribution in [0.15, 0.2) is 12.3 Å². The smallest absolute Gasteiger partial charge is 0.164 e. The lowest BCUT2D eigenvalue weighted by Gasteiger charge is -2.26. The predicted octanol–water partition coefficient (Wildman–Crippen LogP) is 4.20. The molecule has 0 amide bonds. The molecule has 0 atom stereocenters. The Morgan fingerprint density at radius 1 is 1.19 bits per heavy atom. The van der Waals surface area contributed by atoms with Crippen molar-refractivity contribution >= 4 is 5.78 Å². The maximum absolute atomic E-state index is 12.1. The number of aryl methyl sites for hydroxylation is 1. The van der Waals surface area contributed by atoms with Gasteiger partial charge in [-0.15, -0.1) is 0 Å². The van der Waals surface area contributed by atoms with Crippen molar-refractivity contribution in [3.63, 3.8) is 0 Å². The number of ketones is 1. The van der Waals surface area contributed by atoms with Gasteiger partial charge in [0.05, 0.1) is 0 Å². The maximum Gasteiger partial charge on any atom is 0.164 e. The topological polar surface area (TPSA) is 36.1 Å². The average Bonchev–Trinajstić information content (AvgIpc) is 2.99. The van der Waals surface area contributed by atoms with E-state index >= 15 is 0 Å². The van der Waals surface area contributed by atoms with Crippen molar-refractivity contribution in [3.8, 4) is 0 Å². The number of Topliss-reactive ketones (excluding diaryl/α,β-unsaturated/α-hetero) is 1. The van der Waals surface area contributed by atoms with Crippen molar-refractivity contribution in [2.45, 2.75) is 64.7 Å². The quantitative estimate of drug-likeness (QED) is 0.546. The number of carbonyl (C=O) groups excluding carboxylic acids is 1. The first-order valence-corrected chi connectivity index (χ1v) is 8.72. The highest BCUT2D eigenvalue weighted by Crippen LogP contribution is 2.13. The van der Waals surface area contributed by atoms with E-state index in [9.17, 15) is 4.79 Å². The lowest BCUT2D eigenvalue weighted by atomic mass is 10.1. The molecule has 0 radical (unpaired) electrons. The number of unbranched alkanes of at least 4 members (excludes halogenated alkanes) is 2. The standard InChI is InChI=1S/C18H30N2O/c1-2-3-9-17-14-16(15-19-17)18(21)10-5-8-13-20-11-6-4-7-12-20/h14-15,19H,2-13H2,1H3. The number of H-pyrrole nitrogens is 1. The Hall–Kier alpha value is -1.09. The van der Waals surface area contributed by atoms with Gasteiger partial charge in [-0.1, -0.05) is 19.8 Å². The zero-order valence-corrected chi connectivity index (χ0v) is 13.5. The molecule has 3 nitrogen and oxygen atoms in total. The van der Waals surface area contributed by atoms with Crippen LogP contribution in [0.1, 0.15) is 74.3 Å². The van der Waals surface area contributed by atoms with Gasteiger partial charge in [-0.05, 0) is 64.2 Å². The second-order valence-electron chi connectivity index (χ2n) is 6.30. The minimum absolute atomic E-state index is 0.299. The van der Waals surface area contributed by atoms with Crippen LogP contribution in [0.2, 0.25) is 0 Å². The van der Waals surface area contributed by atoms with Crippen LogP contribution in [0.5, 0.6) is 0 Å². The number of piperidine rings is 1. The number of nitrogens with one attached hydrogen (secondary N) is 1. The summed E-state index contributed by atoms with van der Waals surface area (Å²) in [6, 6.07) is 2.04. The highest BCUT2D eigenvalue weighted by molar-refractivity contribution is 5.96. The third-order valence-corrected chi connectivity index (χ3v) is 4.44. The van der Waals surface area contributed by atoms with Gasteiger partial charge in [0.25, 0.3) is 0 Å². The van der Waals surface area contributed by atoms with Crippen LogP contribution in [0.4, 0.5) is 0 Å². The van der Waals surface area contributed by atoms with E-state index in [0.29, 0.717) is 12.2 Å². The highest BCUT2D eigenvalue weighted by atomic mass is 16.1. The fourth-order valence-corrected chi connectivity index (χ4v) is 3.06. The molecular formula is C18H30N2O. The molecule has 1 fully saturated rings. The first-order valence-electron chi connectivity index (χ1n) is 8.72. The molecule has 0 spiro atoms. The normalized spacial score (nSPS) is 16.2. The SMILES string of the molecule is CCCCc1cc(C(=O)CCCCN2CCCCC2)c[nH]1. The van der Waals surface area contributed by atoms with Crippen molar-refractivity contribution in [1.82, 2.24) is 9.88 Å². The van der Waals surface area contributed by atoms with Gasteiger partial charge in [-0.3, -0.25) is 4.79 Å². The molecule has 1 aromatic rings. The second-order valence-corrected chi connectivity index (χ2v) is 6.30. The molecule has 1 aliphatic rings. The maximum atomic E-state index is 12.1. The number of likely N-dealkylation sites (tertiary alicyclic amines) is 1. The number of hydrogen-bond acceptors (Lipinski definition) is 2. The van der Waals surface area contributed by atoms with E-state index in [4.69, 9.17) is 0 Å². The molecule has 3 heteroatoms. The van der Waals surface area contributed by atoms with Gasteiger partial charge in [0.15, 0.2) is 5.78 Å². The van der Waals surface area contributed by atoms with E-state index in [1.165, 1.54) is 57.4 Å². The van der Waals surface area contributed by atoms with Crippen LogP contribution in [-0.4, -0.2) is 35.3 Å². The third kappa shape index (κ3) is 5.66. The zero-order chi connectivity index (χ0) is 14.9. The van der Waals surface area contributed by atoms with Crippen molar-refractivity contribution in [2.75, 3.05) is 19.6 Å². The summed E-state index contributed by atoms with van der Waals surface area (Å²) in [7, 11) is 0. The Balaban J connectivity index is 1.63. The minimum Gasteiger partial charge on any atom is -0.364 e. The van der Waals surface area contributed by atoms with E-state index in [2.05, 4.69) is 16.8 Å². The molecule has 118 valence electrons. The monoisotopic (exact) mass is 290 g/mol. The van der Waals surface area contributed by atoms with Gasteiger partial charge < -0.3 is 9.88 Å². The summed E-state index contributed by atoms with van der Waals surface area (Å²) in [5, 5.41) is 0. The van der Waals surface area contributed by atoms with Crippen LogP contribution in [0, 0.1) is 0 Å². The van der Waals surface area contributed by atoms with Gasteiger partial charge in [-0.25, -0.2) is 0 Å². The van der Waals surface area contributed by atoms with Crippen LogP contribution in [0.25, 0.3) is 0 Å². The Kier molecular flexibility index (Phi) is 7.01. The van der Waals surface area contributed by atoms with Crippen molar-refractivity contribution in [1.29, 1.82) is 0 Å². The molecule has 1 aromatic heterocycles. The van der Waals surface area contributed by atoms with Gasteiger partial charge in [0.2, 0.25) is 0 Å². The first kappa shape index (κ1) is 16.3. The van der Waals surface area contributed by atoms with Gasteiger partial charge in [0, 0.05) is 23.9 Å². The van der Waals surface area contributed by atoms with Gasteiger partial charge in [-0.2, -0.15) is 0 Å². The summed E-state index contributed by atoms with van der Waals surface area (Å²) < 4.78 is 0. The molecule has 21 heavy (non-hydrogen) atoms. The van der Waals surface area contributed by atoms with E-state index in [1.807, 2.05) is 12.3 Å². The second kappa shape index (κ2) is 9.04. The lowest BCUT2D eigenvalue weighted by molar-refractivity contribution is 0.0977. The molecule has 0 aliphatic carbocycles. The molecule has 2 rings (SSSR count). The largest absolute Gasteiger partial charge is 0.364 e. The van der Waals surface area contributed by atoms with E-state index in [1.54, 1.807) is 0 Å². The Labute approximate surface area is 129 Å². The van der Waals surface area contributed by atoms with Crippen LogP contribution in [0.3, 0.4) is 0 Å². The molecule has 1 saturated heterocycles. The average molecular weight is 290 g/mol. The summed E-state index contributed by atoms with van der Waals surface area (Å²) in [6.07, 6.45) is 12.3. The Morgan fingerprint density at radius 3 is 2.76 bits per heavy atom. The van der Waals surface area contributed by atoms with Crippen molar-refractivity contribution in [3.05, 3.63) is 23.5 Å². The van der Waals surface area contributed by atoms with E-state index in [-0.39, 0.29) is 0 Å². The number of aromatic nitrogens is 1. The fraction of sp³-hybridized carbons (Fsp3) is 0.722. The Bertz CT molecular complexity index is 419. The van der Waals surface area contributed by atoms with Crippen molar-refractivity contribution < 1.29 is 4.79 Å². The van der Waals surface area contributed by atoms with Crippen LogP contribution in [-0.2, 0) is 6.42 Å². The molecule has 0 unspecified atom stereocenters. The summed E-state index contributed by atoms with van der Waals surface area (Å²) in [4.78, 5) is 17.9. The number of aromatic amines is 1. The summed E-state index contributed by atoms with van der Waals surface area (Å²) in [5.74, 6) is 0.299. The molecule has 0 bridgehead atoms. The van der Waals surface area contributed by atoms with E-state index < -0.39 is 0 Å². The van der Waals surface area contributed by atoms with Gasteiger partial charge in [0.1, 0.15) is 0 Å². The first-order chi connectivity index (χ1) is 10.3. The highest BCUT2D eigenvalue weighted by Gasteiger charge is 2.11. The number of hydrogen-bond donors (Lipinski definition) is 1. The summed E-state index contributed by atoms with van der Waals surface area (Å²) >= 11 is 0. The third-order valence-electron chi connectivity index (χ3n) is 4.44. The Morgan fingerprint density at radius 2 is 2.00 bits per heavy atom. The molecule has 1 N–H and O–H groups in total. The summed E-state index contributed by atoms with van der Waals surface area (Å²) in [5.41, 5.74) is 2.08. The number of nitrogens with zero attached hydrogens (tertiary/aromatic N) is 1. The van der Waals surface area contributed by atoms with Crippen molar-refractivity contribution in [2.24, 2.45) is 0 Å². The molecule has 2 heterocycles. The van der Waals surface area contributed by atoms with Crippen LogP contribution < -0.4 is 0 Å². The fourth-order valence-electron chi connectivity index (χ4n) is 3.06. The molecule has 0 saturated carbocycles.